The SMILES string of the molecule is CC1CCCCCC(O)C(=O)C(SC2CC(=O)OC(C)CCCCCC(O)C2=O)CC(=O)O1. The molecule has 188 valence electrons. The molecule has 0 aromatic heterocycles. The predicted octanol–water partition coefficient (Wildman–Crippen LogP) is 2.89. The third-order valence-corrected chi connectivity index (χ3v) is 7.62. The summed E-state index contributed by atoms with van der Waals surface area (Å²) in [6.07, 6.45) is 2.85. The van der Waals surface area contributed by atoms with Crippen LogP contribution in [0.3, 0.4) is 0 Å². The molecule has 0 saturated carbocycles. The van der Waals surface area contributed by atoms with E-state index in [1.165, 1.54) is 0 Å². The summed E-state index contributed by atoms with van der Waals surface area (Å²) in [4.78, 5) is 50.9. The van der Waals surface area contributed by atoms with Crippen molar-refractivity contribution in [2.24, 2.45) is 0 Å². The minimum Gasteiger partial charge on any atom is -0.463 e. The van der Waals surface area contributed by atoms with Gasteiger partial charge in [-0.15, -0.1) is 11.8 Å². The van der Waals surface area contributed by atoms with Gasteiger partial charge in [-0.3, -0.25) is 19.2 Å². The molecule has 0 radical (unpaired) electrons. The standard InChI is InChI=1S/C24H38O8S/c1-15-9-5-3-7-11-17(25)23(29)19(13-21(27)31-15)33-20-14-22(28)32-16(2)10-6-4-8-12-18(26)24(20)30/h15-20,25-26H,3-14H2,1-2H3. The highest BCUT2D eigenvalue weighted by Crippen LogP contribution is 2.30. The normalized spacial score (nSPS) is 34.7. The molecule has 2 N–H and O–H groups in total. The van der Waals surface area contributed by atoms with E-state index >= 15 is 0 Å². The summed E-state index contributed by atoms with van der Waals surface area (Å²) < 4.78 is 10.8. The molecule has 0 aromatic rings. The molecule has 33 heavy (non-hydrogen) atoms. The van der Waals surface area contributed by atoms with Crippen LogP contribution in [0.15, 0.2) is 0 Å². The second kappa shape index (κ2) is 14.1. The molecular weight excluding hydrogens is 448 g/mol. The third kappa shape index (κ3) is 9.74. The van der Waals surface area contributed by atoms with Crippen molar-refractivity contribution >= 4 is 35.3 Å². The Morgan fingerprint density at radius 2 is 1.00 bits per heavy atom. The van der Waals surface area contributed by atoms with Crippen LogP contribution in [0, 0.1) is 0 Å². The van der Waals surface area contributed by atoms with Crippen LogP contribution in [0.1, 0.15) is 90.9 Å². The zero-order valence-corrected chi connectivity index (χ0v) is 20.5. The van der Waals surface area contributed by atoms with Gasteiger partial charge in [-0.1, -0.05) is 25.7 Å². The van der Waals surface area contributed by atoms with Crippen LogP contribution in [0.4, 0.5) is 0 Å². The van der Waals surface area contributed by atoms with Gasteiger partial charge in [-0.25, -0.2) is 0 Å². The largest absolute Gasteiger partial charge is 0.463 e. The Balaban J connectivity index is 2.22. The first-order valence-electron chi connectivity index (χ1n) is 12.1. The van der Waals surface area contributed by atoms with Crippen LogP contribution in [0.2, 0.25) is 0 Å². The number of hydrogen-bond donors (Lipinski definition) is 2. The Bertz CT molecular complexity index is 625. The molecule has 9 heteroatoms. The van der Waals surface area contributed by atoms with Crippen LogP contribution in [-0.4, -0.2) is 68.6 Å². The molecule has 2 fully saturated rings. The van der Waals surface area contributed by atoms with Gasteiger partial charge in [0.2, 0.25) is 0 Å². The van der Waals surface area contributed by atoms with E-state index in [0.717, 1.165) is 37.4 Å². The summed E-state index contributed by atoms with van der Waals surface area (Å²) >= 11 is 0.856. The summed E-state index contributed by atoms with van der Waals surface area (Å²) in [6, 6.07) is 0. The molecule has 0 aromatic carbocycles. The predicted molar refractivity (Wildman–Crippen MR) is 124 cm³/mol. The number of esters is 2. The first-order chi connectivity index (χ1) is 15.7. The first-order valence-corrected chi connectivity index (χ1v) is 13.1. The second-order valence-corrected chi connectivity index (χ2v) is 10.6. The number of rotatable bonds is 2. The maximum Gasteiger partial charge on any atom is 0.307 e. The Morgan fingerprint density at radius 3 is 1.39 bits per heavy atom. The Labute approximate surface area is 200 Å². The van der Waals surface area contributed by atoms with Crippen LogP contribution in [0.5, 0.6) is 0 Å². The number of hydrogen-bond acceptors (Lipinski definition) is 9. The number of ketones is 2. The first kappa shape index (κ1) is 27.8. The number of cyclic esters (lactones) is 2. The van der Waals surface area contributed by atoms with E-state index in [-0.39, 0.29) is 37.9 Å². The van der Waals surface area contributed by atoms with Crippen molar-refractivity contribution in [2.45, 2.75) is 126 Å². The number of aliphatic hydroxyl groups is 2. The molecule has 2 heterocycles. The Morgan fingerprint density at radius 1 is 0.636 bits per heavy atom. The van der Waals surface area contributed by atoms with E-state index in [2.05, 4.69) is 0 Å². The van der Waals surface area contributed by atoms with E-state index < -0.39 is 46.2 Å². The van der Waals surface area contributed by atoms with Crippen LogP contribution < -0.4 is 0 Å². The fourth-order valence-corrected chi connectivity index (χ4v) is 5.65. The van der Waals surface area contributed by atoms with Gasteiger partial charge in [0.25, 0.3) is 0 Å². The zero-order chi connectivity index (χ0) is 24.4. The molecule has 2 aliphatic rings. The molecule has 8 nitrogen and oxygen atoms in total. The monoisotopic (exact) mass is 486 g/mol. The number of Topliss-reactive ketones (excluding diaryl/α,β-unsaturated/α-hetero) is 2. The smallest absolute Gasteiger partial charge is 0.307 e. The lowest BCUT2D eigenvalue weighted by Crippen LogP contribution is -2.39. The van der Waals surface area contributed by atoms with Crippen molar-refractivity contribution in [1.29, 1.82) is 0 Å². The molecule has 0 bridgehead atoms. The number of carbonyl (C=O) groups is 4. The van der Waals surface area contributed by atoms with Crippen LogP contribution >= 0.6 is 11.8 Å². The minimum atomic E-state index is -1.26. The van der Waals surface area contributed by atoms with E-state index in [0.29, 0.717) is 25.7 Å². The molecule has 6 unspecified atom stereocenters. The van der Waals surface area contributed by atoms with Gasteiger partial charge in [0.15, 0.2) is 11.6 Å². The van der Waals surface area contributed by atoms with Crippen molar-refractivity contribution in [1.82, 2.24) is 0 Å². The van der Waals surface area contributed by atoms with Gasteiger partial charge < -0.3 is 19.7 Å². The molecule has 0 aliphatic carbocycles. The highest BCUT2D eigenvalue weighted by Gasteiger charge is 2.37. The average Bonchev–Trinajstić information content (AvgIpc) is 2.74. The number of ether oxygens (including phenoxy) is 2. The summed E-state index contributed by atoms with van der Waals surface area (Å²) in [5, 5.41) is 18.7. The third-order valence-electron chi connectivity index (χ3n) is 6.17. The van der Waals surface area contributed by atoms with E-state index in [1.807, 2.05) is 0 Å². The lowest BCUT2D eigenvalue weighted by atomic mass is 10.0. The molecule has 2 rings (SSSR count). The fourth-order valence-electron chi connectivity index (χ4n) is 4.20. The fraction of sp³-hybridized carbons (Fsp3) is 0.833. The summed E-state index contributed by atoms with van der Waals surface area (Å²) in [6.45, 7) is 3.60. The van der Waals surface area contributed by atoms with Gasteiger partial charge in [0.05, 0.1) is 35.5 Å². The van der Waals surface area contributed by atoms with Crippen LogP contribution in [-0.2, 0) is 28.7 Å². The molecular formula is C24H38O8S. The van der Waals surface area contributed by atoms with Gasteiger partial charge in [-0.05, 0) is 52.4 Å². The maximum atomic E-state index is 13.0. The van der Waals surface area contributed by atoms with Crippen molar-refractivity contribution < 1.29 is 38.9 Å². The van der Waals surface area contributed by atoms with Gasteiger partial charge in [0, 0.05) is 0 Å². The summed E-state index contributed by atoms with van der Waals surface area (Å²) in [5.41, 5.74) is 0. The second-order valence-electron chi connectivity index (χ2n) is 9.23. The van der Waals surface area contributed by atoms with Crippen molar-refractivity contribution in [2.75, 3.05) is 0 Å². The lowest BCUT2D eigenvalue weighted by molar-refractivity contribution is -0.150. The molecule has 0 amide bonds. The van der Waals surface area contributed by atoms with Gasteiger partial charge in [-0.2, -0.15) is 0 Å². The van der Waals surface area contributed by atoms with Crippen molar-refractivity contribution in [3.63, 3.8) is 0 Å². The highest BCUT2D eigenvalue weighted by molar-refractivity contribution is 8.02. The lowest BCUT2D eigenvalue weighted by Gasteiger charge is -2.26. The van der Waals surface area contributed by atoms with Crippen molar-refractivity contribution in [3.05, 3.63) is 0 Å². The Kier molecular flexibility index (Phi) is 11.8. The Hall–Kier alpha value is -1.45. The van der Waals surface area contributed by atoms with E-state index in [1.54, 1.807) is 13.8 Å². The van der Waals surface area contributed by atoms with E-state index in [9.17, 15) is 29.4 Å². The molecule has 2 saturated heterocycles. The number of carbonyl (C=O) groups excluding carboxylic acids is 4. The average molecular weight is 487 g/mol. The van der Waals surface area contributed by atoms with E-state index in [4.69, 9.17) is 9.47 Å². The summed E-state index contributed by atoms with van der Waals surface area (Å²) in [5.74, 6) is -2.28. The van der Waals surface area contributed by atoms with Gasteiger partial charge >= 0.3 is 11.9 Å². The quantitative estimate of drug-likeness (QED) is 0.566. The molecule has 0 spiro atoms. The maximum absolute atomic E-state index is 13.0. The molecule has 6 atom stereocenters. The topological polar surface area (TPSA) is 127 Å². The number of aliphatic hydroxyl groups excluding tert-OH is 2. The minimum absolute atomic E-state index is 0.278. The van der Waals surface area contributed by atoms with Gasteiger partial charge in [0.1, 0.15) is 12.2 Å². The summed E-state index contributed by atoms with van der Waals surface area (Å²) in [7, 11) is 0. The molecule has 2 aliphatic heterocycles. The highest BCUT2D eigenvalue weighted by atomic mass is 32.2. The van der Waals surface area contributed by atoms with Crippen molar-refractivity contribution in [3.8, 4) is 0 Å². The number of thioether (sulfide) groups is 1. The van der Waals surface area contributed by atoms with Crippen LogP contribution in [0.25, 0.3) is 0 Å². The zero-order valence-electron chi connectivity index (χ0n) is 19.7.